The van der Waals surface area contributed by atoms with Crippen LogP contribution in [0.15, 0.2) is 0 Å². The Morgan fingerprint density at radius 2 is 2.00 bits per heavy atom. The van der Waals surface area contributed by atoms with Crippen molar-refractivity contribution in [1.29, 1.82) is 0 Å². The number of aromatic nitrogens is 2. The van der Waals surface area contributed by atoms with Crippen molar-refractivity contribution < 1.29 is 9.53 Å². The number of carbonyl (C=O) groups is 1. The fraction of sp³-hybridized carbons (Fsp3) is 0.765. The van der Waals surface area contributed by atoms with Gasteiger partial charge in [0.2, 0.25) is 5.91 Å². The maximum absolute atomic E-state index is 12.4. The zero-order chi connectivity index (χ0) is 16.4. The summed E-state index contributed by atoms with van der Waals surface area (Å²) in [5, 5.41) is 4.56. The molecule has 0 aliphatic carbocycles. The molecule has 0 N–H and O–H groups in total. The van der Waals surface area contributed by atoms with Crippen molar-refractivity contribution in [2.24, 2.45) is 7.05 Å². The van der Waals surface area contributed by atoms with Gasteiger partial charge in [-0.25, -0.2) is 0 Å². The van der Waals surface area contributed by atoms with Gasteiger partial charge in [0.25, 0.3) is 0 Å². The maximum atomic E-state index is 12.4. The Hall–Kier alpha value is -1.40. The highest BCUT2D eigenvalue weighted by Crippen LogP contribution is 2.35. The highest BCUT2D eigenvalue weighted by Gasteiger charge is 2.30. The van der Waals surface area contributed by atoms with Crippen LogP contribution in [-0.2, 0) is 16.6 Å². The number of morpholine rings is 1. The fourth-order valence-electron chi connectivity index (χ4n) is 3.90. The molecule has 2 saturated heterocycles. The van der Waals surface area contributed by atoms with Crippen molar-refractivity contribution in [2.45, 2.75) is 39.2 Å². The molecule has 1 amide bonds. The van der Waals surface area contributed by atoms with Gasteiger partial charge in [0.15, 0.2) is 0 Å². The van der Waals surface area contributed by atoms with Crippen LogP contribution in [0, 0.1) is 13.8 Å². The number of hydrogen-bond acceptors (Lipinski definition) is 4. The van der Waals surface area contributed by atoms with E-state index in [1.165, 1.54) is 24.1 Å². The van der Waals surface area contributed by atoms with Gasteiger partial charge in [-0.1, -0.05) is 0 Å². The van der Waals surface area contributed by atoms with Crippen molar-refractivity contribution in [1.82, 2.24) is 19.6 Å². The molecule has 0 unspecified atom stereocenters. The van der Waals surface area contributed by atoms with Crippen LogP contribution in [0.2, 0.25) is 0 Å². The van der Waals surface area contributed by atoms with E-state index in [0.717, 1.165) is 31.9 Å². The van der Waals surface area contributed by atoms with E-state index in [1.54, 1.807) is 0 Å². The van der Waals surface area contributed by atoms with Gasteiger partial charge in [-0.2, -0.15) is 5.10 Å². The van der Waals surface area contributed by atoms with Crippen molar-refractivity contribution in [3.8, 4) is 0 Å². The first kappa shape index (κ1) is 16.5. The van der Waals surface area contributed by atoms with E-state index in [0.29, 0.717) is 25.7 Å². The zero-order valence-corrected chi connectivity index (χ0v) is 14.5. The lowest BCUT2D eigenvalue weighted by atomic mass is 10.0. The standard InChI is InChI=1S/C17H28N4O2/c1-13-17(14(2)19(3)18-13)15-5-4-7-20(15)8-6-16(22)21-9-11-23-12-10-21/h15H,4-12H2,1-3H3/t15-/m0/s1. The number of ether oxygens (including phenoxy) is 1. The van der Waals surface area contributed by atoms with Gasteiger partial charge in [0.05, 0.1) is 18.9 Å². The van der Waals surface area contributed by atoms with E-state index in [-0.39, 0.29) is 5.91 Å². The molecular weight excluding hydrogens is 292 g/mol. The van der Waals surface area contributed by atoms with Crippen molar-refractivity contribution in [3.05, 3.63) is 17.0 Å². The van der Waals surface area contributed by atoms with E-state index in [4.69, 9.17) is 4.74 Å². The molecular formula is C17H28N4O2. The van der Waals surface area contributed by atoms with Gasteiger partial charge < -0.3 is 9.64 Å². The van der Waals surface area contributed by atoms with Crippen molar-refractivity contribution in [3.63, 3.8) is 0 Å². The van der Waals surface area contributed by atoms with Crippen LogP contribution in [-0.4, -0.2) is 64.9 Å². The molecule has 0 bridgehead atoms. The molecule has 1 aromatic rings. The minimum atomic E-state index is 0.263. The average Bonchev–Trinajstić information content (AvgIpc) is 3.10. The summed E-state index contributed by atoms with van der Waals surface area (Å²) in [6.45, 7) is 8.98. The summed E-state index contributed by atoms with van der Waals surface area (Å²) >= 11 is 0. The van der Waals surface area contributed by atoms with E-state index >= 15 is 0 Å². The Morgan fingerprint density at radius 1 is 1.26 bits per heavy atom. The zero-order valence-electron chi connectivity index (χ0n) is 14.5. The normalized spacial score (nSPS) is 22.7. The van der Waals surface area contributed by atoms with E-state index < -0.39 is 0 Å². The second kappa shape index (κ2) is 7.01. The number of aryl methyl sites for hydroxylation is 2. The summed E-state index contributed by atoms with van der Waals surface area (Å²) in [6, 6.07) is 0.418. The molecule has 128 valence electrons. The van der Waals surface area contributed by atoms with Gasteiger partial charge in [0.1, 0.15) is 0 Å². The molecule has 1 aromatic heterocycles. The average molecular weight is 320 g/mol. The Labute approximate surface area is 138 Å². The molecule has 0 radical (unpaired) electrons. The van der Waals surface area contributed by atoms with Crippen LogP contribution in [0.4, 0.5) is 0 Å². The number of carbonyl (C=O) groups excluding carboxylic acids is 1. The van der Waals surface area contributed by atoms with Gasteiger partial charge in [-0.15, -0.1) is 0 Å². The maximum Gasteiger partial charge on any atom is 0.224 e. The SMILES string of the molecule is Cc1nn(C)c(C)c1[C@@H]1CCCN1CCC(=O)N1CCOCC1. The molecule has 1 atom stereocenters. The third-order valence-corrected chi connectivity index (χ3v) is 5.24. The topological polar surface area (TPSA) is 50.6 Å². The largest absolute Gasteiger partial charge is 0.378 e. The van der Waals surface area contributed by atoms with E-state index in [2.05, 4.69) is 23.8 Å². The predicted octanol–water partition coefficient (Wildman–Crippen LogP) is 1.42. The lowest BCUT2D eigenvalue weighted by Gasteiger charge is -2.29. The minimum Gasteiger partial charge on any atom is -0.378 e. The number of rotatable bonds is 4. The van der Waals surface area contributed by atoms with E-state index in [9.17, 15) is 4.79 Å². The number of amides is 1. The van der Waals surface area contributed by atoms with Crippen LogP contribution in [0.25, 0.3) is 0 Å². The Balaban J connectivity index is 1.62. The summed E-state index contributed by atoms with van der Waals surface area (Å²) in [5.41, 5.74) is 3.74. The van der Waals surface area contributed by atoms with Gasteiger partial charge in [-0.3, -0.25) is 14.4 Å². The second-order valence-electron chi connectivity index (χ2n) is 6.65. The van der Waals surface area contributed by atoms with Crippen LogP contribution < -0.4 is 0 Å². The molecule has 0 spiro atoms. The molecule has 0 saturated carbocycles. The summed E-state index contributed by atoms with van der Waals surface area (Å²) in [5.74, 6) is 0.263. The summed E-state index contributed by atoms with van der Waals surface area (Å²) < 4.78 is 7.29. The van der Waals surface area contributed by atoms with Gasteiger partial charge in [0, 0.05) is 50.4 Å². The molecule has 2 fully saturated rings. The fourth-order valence-corrected chi connectivity index (χ4v) is 3.90. The second-order valence-corrected chi connectivity index (χ2v) is 6.65. The quantitative estimate of drug-likeness (QED) is 0.842. The molecule has 3 heterocycles. The van der Waals surface area contributed by atoms with Gasteiger partial charge in [-0.05, 0) is 33.2 Å². The monoisotopic (exact) mass is 320 g/mol. The molecule has 23 heavy (non-hydrogen) atoms. The molecule has 2 aliphatic rings. The summed E-state index contributed by atoms with van der Waals surface area (Å²) in [4.78, 5) is 16.8. The molecule has 2 aliphatic heterocycles. The van der Waals surface area contributed by atoms with Crippen LogP contribution in [0.3, 0.4) is 0 Å². The summed E-state index contributed by atoms with van der Waals surface area (Å²) in [7, 11) is 2.01. The lowest BCUT2D eigenvalue weighted by Crippen LogP contribution is -2.42. The highest BCUT2D eigenvalue weighted by atomic mass is 16.5. The van der Waals surface area contributed by atoms with Crippen molar-refractivity contribution >= 4 is 5.91 Å². The number of likely N-dealkylation sites (tertiary alicyclic amines) is 1. The molecule has 0 aromatic carbocycles. The van der Waals surface area contributed by atoms with Crippen LogP contribution in [0.5, 0.6) is 0 Å². The summed E-state index contributed by atoms with van der Waals surface area (Å²) in [6.07, 6.45) is 2.97. The number of nitrogens with zero attached hydrogens (tertiary/aromatic N) is 4. The smallest absolute Gasteiger partial charge is 0.224 e. The first-order valence-electron chi connectivity index (χ1n) is 8.67. The number of hydrogen-bond donors (Lipinski definition) is 0. The lowest BCUT2D eigenvalue weighted by molar-refractivity contribution is -0.135. The molecule has 3 rings (SSSR count). The third-order valence-electron chi connectivity index (χ3n) is 5.24. The Kier molecular flexibility index (Phi) is 5.02. The van der Waals surface area contributed by atoms with Crippen LogP contribution in [0.1, 0.15) is 42.3 Å². The van der Waals surface area contributed by atoms with E-state index in [1.807, 2.05) is 16.6 Å². The third kappa shape index (κ3) is 3.43. The van der Waals surface area contributed by atoms with Gasteiger partial charge >= 0.3 is 0 Å². The first-order chi connectivity index (χ1) is 11.1. The minimum absolute atomic E-state index is 0.263. The first-order valence-corrected chi connectivity index (χ1v) is 8.67. The van der Waals surface area contributed by atoms with Crippen LogP contribution >= 0.6 is 0 Å². The molecule has 6 nitrogen and oxygen atoms in total. The molecule has 6 heteroatoms. The Morgan fingerprint density at radius 3 is 2.65 bits per heavy atom. The van der Waals surface area contributed by atoms with Crippen molar-refractivity contribution in [2.75, 3.05) is 39.4 Å². The predicted molar refractivity (Wildman–Crippen MR) is 88.2 cm³/mol. The highest BCUT2D eigenvalue weighted by molar-refractivity contribution is 5.76. The Bertz CT molecular complexity index is 563.